The van der Waals surface area contributed by atoms with E-state index >= 15 is 0 Å². The normalized spacial score (nSPS) is 21.3. The molecule has 0 saturated carbocycles. The molecule has 1 aromatic rings. The Kier molecular flexibility index (Phi) is 7.02. The molecule has 1 aliphatic rings. The van der Waals surface area contributed by atoms with Crippen LogP contribution in [0.5, 0.6) is 0 Å². The first-order valence-electron chi connectivity index (χ1n) is 9.76. The van der Waals surface area contributed by atoms with Gasteiger partial charge in [-0.3, -0.25) is 0 Å². The zero-order chi connectivity index (χ0) is 19.3. The van der Waals surface area contributed by atoms with E-state index in [0.29, 0.717) is 17.8 Å². The van der Waals surface area contributed by atoms with Gasteiger partial charge < -0.3 is 5.11 Å². The Labute approximate surface area is 158 Å². The first-order valence-corrected chi connectivity index (χ1v) is 9.76. The van der Waals surface area contributed by atoms with E-state index in [4.69, 9.17) is 5.11 Å². The van der Waals surface area contributed by atoms with E-state index in [1.165, 1.54) is 41.2 Å². The average molecular weight is 353 g/mol. The molecule has 0 spiro atoms. The number of carboxylic acid groups (broad SMARTS) is 1. The lowest BCUT2D eigenvalue weighted by Gasteiger charge is -2.33. The van der Waals surface area contributed by atoms with Crippen LogP contribution in [-0.2, 0) is 4.79 Å². The number of rotatable bonds is 6. The molecule has 26 heavy (non-hydrogen) atoms. The standard InChI is InChI=1S/C24H32O2/c1-6-19(9-7-8-17(4)14-24(25)26)20-11-13-22-18(5)10-12-21(16(2)3)23(22)15-20/h7-9,11,13-16,18,21H,6,10,12H2,1-5H3,(H,25,26)/b8-7+,17-14+,19-9+/t18-,21+/m1/s1. The van der Waals surface area contributed by atoms with Crippen molar-refractivity contribution in [2.45, 2.75) is 65.7 Å². The third-order valence-electron chi connectivity index (χ3n) is 5.49. The van der Waals surface area contributed by atoms with Gasteiger partial charge in [0, 0.05) is 6.08 Å². The molecular weight excluding hydrogens is 320 g/mol. The van der Waals surface area contributed by atoms with Crippen molar-refractivity contribution in [2.75, 3.05) is 0 Å². The molecule has 1 aliphatic carbocycles. The Bertz CT molecular complexity index is 735. The minimum atomic E-state index is -0.907. The second-order valence-corrected chi connectivity index (χ2v) is 7.80. The number of hydrogen-bond donors (Lipinski definition) is 1. The van der Waals surface area contributed by atoms with Gasteiger partial charge in [-0.15, -0.1) is 0 Å². The van der Waals surface area contributed by atoms with Crippen LogP contribution in [0.3, 0.4) is 0 Å². The predicted octanol–water partition coefficient (Wildman–Crippen LogP) is 6.70. The summed E-state index contributed by atoms with van der Waals surface area (Å²) in [6, 6.07) is 6.98. The number of carboxylic acids is 1. The second kappa shape index (κ2) is 9.02. The summed E-state index contributed by atoms with van der Waals surface area (Å²) in [6.45, 7) is 11.0. The molecule has 1 N–H and O–H groups in total. The molecule has 2 rings (SSSR count). The van der Waals surface area contributed by atoms with Gasteiger partial charge in [-0.1, -0.05) is 64.1 Å². The van der Waals surface area contributed by atoms with Gasteiger partial charge in [0.2, 0.25) is 0 Å². The minimum absolute atomic E-state index is 0.645. The van der Waals surface area contributed by atoms with Crippen LogP contribution >= 0.6 is 0 Å². The zero-order valence-corrected chi connectivity index (χ0v) is 16.8. The van der Waals surface area contributed by atoms with Gasteiger partial charge in [-0.25, -0.2) is 4.79 Å². The molecule has 1 aromatic carbocycles. The van der Waals surface area contributed by atoms with Crippen LogP contribution < -0.4 is 0 Å². The van der Waals surface area contributed by atoms with Gasteiger partial charge in [0.05, 0.1) is 0 Å². The molecule has 2 atom stereocenters. The predicted molar refractivity (Wildman–Crippen MR) is 110 cm³/mol. The molecule has 0 heterocycles. The van der Waals surface area contributed by atoms with Gasteiger partial charge in [0.15, 0.2) is 0 Å². The molecule has 0 radical (unpaired) electrons. The maximum absolute atomic E-state index is 10.7. The molecule has 0 unspecified atom stereocenters. The topological polar surface area (TPSA) is 37.3 Å². The fourth-order valence-electron chi connectivity index (χ4n) is 3.95. The maximum atomic E-state index is 10.7. The third-order valence-corrected chi connectivity index (χ3v) is 5.49. The molecule has 0 fully saturated rings. The van der Waals surface area contributed by atoms with Gasteiger partial charge in [-0.2, -0.15) is 0 Å². The van der Waals surface area contributed by atoms with Crippen LogP contribution in [0.25, 0.3) is 5.57 Å². The summed E-state index contributed by atoms with van der Waals surface area (Å²) >= 11 is 0. The SMILES string of the molecule is CC\C(=C/C=C/C(C)=C/C(=O)O)c1ccc2c(c1)[C@H](C(C)C)CC[C@H]2C. The average Bonchev–Trinajstić information content (AvgIpc) is 2.57. The van der Waals surface area contributed by atoms with Crippen LogP contribution in [0, 0.1) is 5.92 Å². The monoisotopic (exact) mass is 352 g/mol. The molecule has 0 bridgehead atoms. The Morgan fingerprint density at radius 1 is 1.27 bits per heavy atom. The molecular formula is C24H32O2. The summed E-state index contributed by atoms with van der Waals surface area (Å²) in [6.07, 6.45) is 10.6. The van der Waals surface area contributed by atoms with Gasteiger partial charge in [0.1, 0.15) is 0 Å². The molecule has 0 aliphatic heterocycles. The molecule has 2 nitrogen and oxygen atoms in total. The lowest BCUT2D eigenvalue weighted by atomic mass is 9.72. The van der Waals surface area contributed by atoms with Crippen molar-refractivity contribution < 1.29 is 9.90 Å². The van der Waals surface area contributed by atoms with Crippen molar-refractivity contribution in [3.05, 3.63) is 64.8 Å². The molecule has 0 aromatic heterocycles. The van der Waals surface area contributed by atoms with Gasteiger partial charge in [0.25, 0.3) is 0 Å². The zero-order valence-electron chi connectivity index (χ0n) is 16.8. The van der Waals surface area contributed by atoms with Gasteiger partial charge in [-0.05, 0) is 71.8 Å². The summed E-state index contributed by atoms with van der Waals surface area (Å²) in [7, 11) is 0. The smallest absolute Gasteiger partial charge is 0.328 e. The summed E-state index contributed by atoms with van der Waals surface area (Å²) in [5.41, 5.74) is 6.36. The number of allylic oxidation sites excluding steroid dienone is 5. The molecule has 140 valence electrons. The van der Waals surface area contributed by atoms with Crippen LogP contribution in [0.2, 0.25) is 0 Å². The van der Waals surface area contributed by atoms with Crippen molar-refractivity contribution in [2.24, 2.45) is 5.92 Å². The number of hydrogen-bond acceptors (Lipinski definition) is 1. The van der Waals surface area contributed by atoms with E-state index in [1.807, 2.05) is 12.2 Å². The van der Waals surface area contributed by atoms with Crippen molar-refractivity contribution in [3.8, 4) is 0 Å². The van der Waals surface area contributed by atoms with E-state index < -0.39 is 5.97 Å². The van der Waals surface area contributed by atoms with Crippen molar-refractivity contribution in [3.63, 3.8) is 0 Å². The molecule has 0 amide bonds. The third kappa shape index (κ3) is 4.97. The fraction of sp³-hybridized carbons (Fsp3) is 0.458. The van der Waals surface area contributed by atoms with Crippen LogP contribution in [0.1, 0.15) is 82.4 Å². The van der Waals surface area contributed by atoms with Crippen molar-refractivity contribution >= 4 is 11.5 Å². The first kappa shape index (κ1) is 20.2. The molecule has 0 saturated heterocycles. The Morgan fingerprint density at radius 3 is 2.62 bits per heavy atom. The summed E-state index contributed by atoms with van der Waals surface area (Å²) in [5.74, 6) is 1.05. The lowest BCUT2D eigenvalue weighted by molar-refractivity contribution is -0.131. The highest BCUT2D eigenvalue weighted by Gasteiger charge is 2.27. The van der Waals surface area contributed by atoms with Crippen LogP contribution in [-0.4, -0.2) is 11.1 Å². The lowest BCUT2D eigenvalue weighted by Crippen LogP contribution is -2.17. The highest BCUT2D eigenvalue weighted by atomic mass is 16.4. The minimum Gasteiger partial charge on any atom is -0.478 e. The van der Waals surface area contributed by atoms with Crippen molar-refractivity contribution in [1.29, 1.82) is 0 Å². The maximum Gasteiger partial charge on any atom is 0.328 e. The van der Waals surface area contributed by atoms with E-state index in [0.717, 1.165) is 12.0 Å². The Morgan fingerprint density at radius 2 is 2.00 bits per heavy atom. The fourth-order valence-corrected chi connectivity index (χ4v) is 3.95. The summed E-state index contributed by atoms with van der Waals surface area (Å²) in [4.78, 5) is 10.7. The number of aliphatic carboxylic acids is 1. The van der Waals surface area contributed by atoms with E-state index in [9.17, 15) is 4.79 Å². The number of carbonyl (C=O) groups is 1. The first-order chi connectivity index (χ1) is 12.3. The van der Waals surface area contributed by atoms with Crippen LogP contribution in [0.4, 0.5) is 0 Å². The largest absolute Gasteiger partial charge is 0.478 e. The highest BCUT2D eigenvalue weighted by Crippen LogP contribution is 2.43. The number of benzene rings is 1. The molecule has 2 heteroatoms. The van der Waals surface area contributed by atoms with E-state index in [-0.39, 0.29) is 0 Å². The van der Waals surface area contributed by atoms with Crippen molar-refractivity contribution in [1.82, 2.24) is 0 Å². The van der Waals surface area contributed by atoms with Crippen LogP contribution in [0.15, 0.2) is 48.1 Å². The highest BCUT2D eigenvalue weighted by molar-refractivity contribution is 5.81. The quantitative estimate of drug-likeness (QED) is 0.456. The summed E-state index contributed by atoms with van der Waals surface area (Å²) < 4.78 is 0. The Hall–Kier alpha value is -2.09. The van der Waals surface area contributed by atoms with E-state index in [2.05, 4.69) is 52.0 Å². The van der Waals surface area contributed by atoms with Gasteiger partial charge >= 0.3 is 5.97 Å². The number of fused-ring (bicyclic) bond motifs is 1. The van der Waals surface area contributed by atoms with E-state index in [1.54, 1.807) is 6.92 Å². The Balaban J connectivity index is 2.34. The second-order valence-electron chi connectivity index (χ2n) is 7.80. The summed E-state index contributed by atoms with van der Waals surface area (Å²) in [5, 5.41) is 8.79.